The zero-order valence-corrected chi connectivity index (χ0v) is 16.7. The van der Waals surface area contributed by atoms with Gasteiger partial charge in [-0.1, -0.05) is 42.5 Å². The molecule has 1 saturated heterocycles. The zero-order chi connectivity index (χ0) is 22.6. The summed E-state index contributed by atoms with van der Waals surface area (Å²) in [5.74, 6) is 0. The van der Waals surface area contributed by atoms with Crippen LogP contribution in [0.25, 0.3) is 22.3 Å². The Hall–Kier alpha value is -2.96. The van der Waals surface area contributed by atoms with Gasteiger partial charge in [-0.05, 0) is 49.2 Å². The highest BCUT2D eigenvalue weighted by molar-refractivity contribution is 5.93. The van der Waals surface area contributed by atoms with E-state index in [0.29, 0.717) is 11.1 Å². The molecule has 1 aliphatic heterocycles. The fourth-order valence-electron chi connectivity index (χ4n) is 3.88. The molecule has 0 radical (unpaired) electrons. The van der Waals surface area contributed by atoms with E-state index in [0.717, 1.165) is 41.1 Å². The van der Waals surface area contributed by atoms with Crippen molar-refractivity contribution in [1.29, 1.82) is 0 Å². The second-order valence-electron chi connectivity index (χ2n) is 7.74. The number of hydrogen-bond acceptors (Lipinski definition) is 1. The van der Waals surface area contributed by atoms with Crippen molar-refractivity contribution in [1.82, 2.24) is 0 Å². The first-order chi connectivity index (χ1) is 14.5. The van der Waals surface area contributed by atoms with Crippen molar-refractivity contribution < 1.29 is 26.3 Å². The van der Waals surface area contributed by atoms with Crippen LogP contribution in [-0.2, 0) is 12.4 Å². The van der Waals surface area contributed by atoms with Crippen molar-refractivity contribution in [2.24, 2.45) is 0 Å². The Kier molecular flexibility index (Phi) is 5.03. The normalized spacial score (nSPS) is 18.9. The van der Waals surface area contributed by atoms with Gasteiger partial charge in [0.05, 0.1) is 16.8 Å². The van der Waals surface area contributed by atoms with Gasteiger partial charge in [0, 0.05) is 23.2 Å². The van der Waals surface area contributed by atoms with Crippen LogP contribution in [0.3, 0.4) is 0 Å². The summed E-state index contributed by atoms with van der Waals surface area (Å²) in [6.07, 6.45) is -8.85. The number of rotatable bonds is 3. The third-order valence-corrected chi connectivity index (χ3v) is 5.83. The third kappa shape index (κ3) is 4.01. The predicted octanol–water partition coefficient (Wildman–Crippen LogP) is 7.66. The molecular formula is C24H19F6N. The summed E-state index contributed by atoms with van der Waals surface area (Å²) in [6, 6.07) is 15.7. The largest absolute Gasteiger partial charge is 0.416 e. The molecule has 0 N–H and O–H groups in total. The van der Waals surface area contributed by atoms with Gasteiger partial charge in [0.2, 0.25) is 0 Å². The first-order valence-electron chi connectivity index (χ1n) is 9.75. The van der Waals surface area contributed by atoms with Crippen LogP contribution in [0.5, 0.6) is 0 Å². The van der Waals surface area contributed by atoms with Crippen LogP contribution in [0, 0.1) is 0 Å². The lowest BCUT2D eigenvalue weighted by Crippen LogP contribution is -2.05. The standard InChI is InChI=1S/C24H19F6N/c1-14-15(2)31(14)22-20(16-6-10-18(11-7-16)23(25,26)27)4-3-5-21(22)17-8-12-19(13-9-17)24(28,29)30/h3-15H,1-2H3. The minimum Gasteiger partial charge on any atom is -0.361 e. The van der Waals surface area contributed by atoms with Crippen LogP contribution in [0.4, 0.5) is 32.0 Å². The maximum absolute atomic E-state index is 13.0. The summed E-state index contributed by atoms with van der Waals surface area (Å²) >= 11 is 0. The van der Waals surface area contributed by atoms with Crippen molar-refractivity contribution >= 4 is 5.69 Å². The maximum Gasteiger partial charge on any atom is 0.416 e. The van der Waals surface area contributed by atoms with Crippen molar-refractivity contribution in [3.05, 3.63) is 77.9 Å². The highest BCUT2D eigenvalue weighted by atomic mass is 19.4. The van der Waals surface area contributed by atoms with E-state index in [4.69, 9.17) is 0 Å². The number of anilines is 1. The second kappa shape index (κ2) is 7.32. The van der Waals surface area contributed by atoms with E-state index in [1.165, 1.54) is 24.3 Å². The van der Waals surface area contributed by atoms with Crippen molar-refractivity contribution in [2.45, 2.75) is 38.3 Å². The second-order valence-corrected chi connectivity index (χ2v) is 7.74. The van der Waals surface area contributed by atoms with Gasteiger partial charge in [0.1, 0.15) is 0 Å². The summed E-state index contributed by atoms with van der Waals surface area (Å²) in [7, 11) is 0. The monoisotopic (exact) mass is 435 g/mol. The summed E-state index contributed by atoms with van der Waals surface area (Å²) in [4.78, 5) is 2.13. The average molecular weight is 435 g/mol. The molecule has 3 aromatic rings. The number of alkyl halides is 6. The Balaban J connectivity index is 1.83. The van der Waals surface area contributed by atoms with Gasteiger partial charge in [-0.25, -0.2) is 0 Å². The first kappa shape index (κ1) is 21.3. The lowest BCUT2D eigenvalue weighted by molar-refractivity contribution is -0.138. The van der Waals surface area contributed by atoms with Crippen LogP contribution < -0.4 is 4.90 Å². The van der Waals surface area contributed by atoms with Gasteiger partial charge in [0.15, 0.2) is 0 Å². The minimum atomic E-state index is -4.42. The highest BCUT2D eigenvalue weighted by Crippen LogP contribution is 2.47. The molecule has 0 amide bonds. The number of nitrogens with zero attached hydrogens (tertiary/aromatic N) is 1. The maximum atomic E-state index is 13.0. The molecule has 1 heterocycles. The predicted molar refractivity (Wildman–Crippen MR) is 109 cm³/mol. The number of benzene rings is 3. The molecule has 0 bridgehead atoms. The lowest BCUT2D eigenvalue weighted by Gasteiger charge is -2.19. The molecule has 2 atom stereocenters. The lowest BCUT2D eigenvalue weighted by atomic mass is 9.94. The van der Waals surface area contributed by atoms with Crippen LogP contribution >= 0.6 is 0 Å². The number of para-hydroxylation sites is 1. The first-order valence-corrected chi connectivity index (χ1v) is 9.75. The molecular weight excluding hydrogens is 416 g/mol. The summed E-state index contributed by atoms with van der Waals surface area (Å²) < 4.78 is 77.7. The van der Waals surface area contributed by atoms with Gasteiger partial charge >= 0.3 is 12.4 Å². The number of hydrogen-bond donors (Lipinski definition) is 0. The van der Waals surface area contributed by atoms with Crippen molar-refractivity contribution in [2.75, 3.05) is 4.90 Å². The molecule has 0 aromatic heterocycles. The summed E-state index contributed by atoms with van der Waals surface area (Å²) in [5.41, 5.74) is 2.05. The quantitative estimate of drug-likeness (QED) is 0.302. The molecule has 7 heteroatoms. The Morgan fingerprint density at radius 3 is 1.23 bits per heavy atom. The van der Waals surface area contributed by atoms with E-state index in [-0.39, 0.29) is 12.1 Å². The van der Waals surface area contributed by atoms with Gasteiger partial charge < -0.3 is 4.90 Å². The van der Waals surface area contributed by atoms with E-state index in [1.54, 1.807) is 6.07 Å². The molecule has 1 aliphatic rings. The smallest absolute Gasteiger partial charge is 0.361 e. The van der Waals surface area contributed by atoms with Gasteiger partial charge in [-0.2, -0.15) is 26.3 Å². The summed E-state index contributed by atoms with van der Waals surface area (Å²) in [6.45, 7) is 4.06. The van der Waals surface area contributed by atoms with Crippen LogP contribution in [0.15, 0.2) is 66.7 Å². The van der Waals surface area contributed by atoms with E-state index >= 15 is 0 Å². The fraction of sp³-hybridized carbons (Fsp3) is 0.250. The molecule has 3 aromatic carbocycles. The van der Waals surface area contributed by atoms with E-state index in [9.17, 15) is 26.3 Å². The summed E-state index contributed by atoms with van der Waals surface area (Å²) in [5, 5.41) is 0. The average Bonchev–Trinajstić information content (AvgIpc) is 3.31. The third-order valence-electron chi connectivity index (χ3n) is 5.83. The van der Waals surface area contributed by atoms with Crippen LogP contribution in [-0.4, -0.2) is 12.1 Å². The van der Waals surface area contributed by atoms with E-state index < -0.39 is 23.5 Å². The Labute approximate surface area is 175 Å². The molecule has 2 unspecified atom stereocenters. The van der Waals surface area contributed by atoms with Crippen LogP contribution in [0.2, 0.25) is 0 Å². The minimum absolute atomic E-state index is 0.212. The van der Waals surface area contributed by atoms with Gasteiger partial charge in [0.25, 0.3) is 0 Å². The molecule has 1 fully saturated rings. The molecule has 4 rings (SSSR count). The Morgan fingerprint density at radius 2 is 0.935 bits per heavy atom. The highest BCUT2D eigenvalue weighted by Gasteiger charge is 2.42. The Morgan fingerprint density at radius 1 is 0.581 bits per heavy atom. The van der Waals surface area contributed by atoms with Crippen molar-refractivity contribution in [3.63, 3.8) is 0 Å². The molecule has 1 nitrogen and oxygen atoms in total. The topological polar surface area (TPSA) is 3.01 Å². The molecule has 31 heavy (non-hydrogen) atoms. The molecule has 162 valence electrons. The Bertz CT molecular complexity index is 997. The SMILES string of the molecule is CC1C(C)N1c1c(-c2ccc(C(F)(F)F)cc2)cccc1-c1ccc(C(F)(F)F)cc1. The molecule has 0 spiro atoms. The van der Waals surface area contributed by atoms with E-state index in [1.807, 2.05) is 26.0 Å². The zero-order valence-electron chi connectivity index (χ0n) is 16.7. The van der Waals surface area contributed by atoms with Crippen LogP contribution in [0.1, 0.15) is 25.0 Å². The van der Waals surface area contributed by atoms with Gasteiger partial charge in [-0.3, -0.25) is 0 Å². The fourth-order valence-corrected chi connectivity index (χ4v) is 3.88. The van der Waals surface area contributed by atoms with Gasteiger partial charge in [-0.15, -0.1) is 0 Å². The number of halogens is 6. The molecule has 0 saturated carbocycles. The molecule has 0 aliphatic carbocycles. The van der Waals surface area contributed by atoms with E-state index in [2.05, 4.69) is 4.90 Å². The van der Waals surface area contributed by atoms with Crippen molar-refractivity contribution in [3.8, 4) is 22.3 Å².